The first-order chi connectivity index (χ1) is 13.9. The van der Waals surface area contributed by atoms with Gasteiger partial charge in [0.15, 0.2) is 0 Å². The standard InChI is InChI=1S/C12H19N3/c1-9-4-6-15(10(2)7-9)11-3-5-14-12(13)8-11/h3,5,8-10H,4,6-7H2,1-2H3,(H2,13,14)/i1D3,2D3,3D,4D2,5D,6D2,7D2,8D,9D,10D. The van der Waals surface area contributed by atoms with Crippen LogP contribution in [0, 0.1) is 5.89 Å². The fraction of sp³-hybridized carbons (Fsp3) is 0.583. The molecule has 0 radical (unpaired) electrons. The van der Waals surface area contributed by atoms with E-state index >= 15 is 0 Å². The molecule has 82 valence electrons. The van der Waals surface area contributed by atoms with Crippen LogP contribution < -0.4 is 10.6 Å². The number of aromatic nitrogens is 1. The first-order valence-corrected chi connectivity index (χ1v) is 3.91. The Hall–Kier alpha value is -1.25. The van der Waals surface area contributed by atoms with Crippen LogP contribution in [0.3, 0.4) is 0 Å². The molecule has 0 aromatic carbocycles. The summed E-state index contributed by atoms with van der Waals surface area (Å²) < 4.78 is 136. The average molecular weight is 222 g/mol. The zero-order chi connectivity index (χ0) is 25.7. The lowest BCUT2D eigenvalue weighted by atomic mass is 9.93. The molecule has 15 heavy (non-hydrogen) atoms. The van der Waals surface area contributed by atoms with Gasteiger partial charge in [0.1, 0.15) is 5.82 Å². The Morgan fingerprint density at radius 2 is 2.73 bits per heavy atom. The van der Waals surface area contributed by atoms with Gasteiger partial charge in [0.05, 0.1) is 5.48 Å². The van der Waals surface area contributed by atoms with Crippen LogP contribution >= 0.6 is 0 Å². The van der Waals surface area contributed by atoms with Crippen LogP contribution in [0.15, 0.2) is 18.3 Å². The molecular formula is C12H19N3. The summed E-state index contributed by atoms with van der Waals surface area (Å²) in [6.07, 6.45) is -9.24. The molecule has 0 saturated carbocycles. The lowest BCUT2D eigenvalue weighted by molar-refractivity contribution is 0.378. The van der Waals surface area contributed by atoms with Gasteiger partial charge < -0.3 is 10.6 Å². The van der Waals surface area contributed by atoms with E-state index in [0.717, 1.165) is 0 Å². The molecule has 0 aliphatic carbocycles. The molecule has 2 unspecified atom stereocenters. The van der Waals surface area contributed by atoms with Gasteiger partial charge in [0.2, 0.25) is 0 Å². The van der Waals surface area contributed by atoms with Crippen molar-refractivity contribution in [2.75, 3.05) is 17.1 Å². The Morgan fingerprint density at radius 3 is 3.53 bits per heavy atom. The number of nitrogen functional groups attached to an aromatic ring is 1. The van der Waals surface area contributed by atoms with Crippen LogP contribution in [0.4, 0.5) is 11.5 Å². The van der Waals surface area contributed by atoms with Crippen LogP contribution in [0.1, 0.15) is 49.8 Å². The van der Waals surface area contributed by atoms with Crippen LogP contribution in [-0.4, -0.2) is 17.5 Å². The first-order valence-electron chi connectivity index (χ1n) is 12.4. The maximum Gasteiger partial charge on any atom is 0.125 e. The number of nitrogens with zero attached hydrogens (tertiary/aromatic N) is 2. The van der Waals surface area contributed by atoms with Crippen LogP contribution in [0.5, 0.6) is 0 Å². The minimum atomic E-state index is -4.18. The Balaban J connectivity index is 3.23. The third-order valence-corrected chi connectivity index (χ3v) is 1.58. The van der Waals surface area contributed by atoms with Crippen molar-refractivity contribution in [1.82, 2.24) is 4.98 Å². The van der Waals surface area contributed by atoms with E-state index in [0.29, 0.717) is 0 Å². The van der Waals surface area contributed by atoms with E-state index < -0.39 is 79.5 Å². The number of hydrogen-bond donors (Lipinski definition) is 1. The summed E-state index contributed by atoms with van der Waals surface area (Å²) in [5.74, 6) is -4.97. The second-order valence-corrected chi connectivity index (χ2v) is 2.63. The maximum atomic E-state index is 8.59. The van der Waals surface area contributed by atoms with Crippen molar-refractivity contribution < 1.29 is 23.3 Å². The van der Waals surface area contributed by atoms with E-state index in [1.807, 2.05) is 0 Å². The molecule has 3 nitrogen and oxygen atoms in total. The van der Waals surface area contributed by atoms with E-state index in [4.69, 9.17) is 29.0 Å². The first kappa shape index (κ1) is 2.22. The highest BCUT2D eigenvalue weighted by atomic mass is 15.2. The Bertz CT molecular complexity index is 910. The monoisotopic (exact) mass is 222 g/mol. The second-order valence-electron chi connectivity index (χ2n) is 2.63. The normalized spacial score (nSPS) is 64.8. The molecule has 0 spiro atoms. The van der Waals surface area contributed by atoms with Gasteiger partial charge in [0, 0.05) is 48.2 Å². The summed E-state index contributed by atoms with van der Waals surface area (Å²) in [4.78, 5) is 2.93. The zero-order valence-electron chi connectivity index (χ0n) is 24.5. The molecule has 2 N–H and O–H groups in total. The molecule has 1 aliphatic rings. The smallest absolute Gasteiger partial charge is 0.125 e. The van der Waals surface area contributed by atoms with E-state index in [1.54, 1.807) is 0 Å². The van der Waals surface area contributed by atoms with Gasteiger partial charge in [0.25, 0.3) is 0 Å². The molecule has 1 aromatic heterocycles. The number of piperidine rings is 1. The van der Waals surface area contributed by atoms with Gasteiger partial charge in [-0.2, -0.15) is 0 Å². The van der Waals surface area contributed by atoms with Gasteiger partial charge in [-0.1, -0.05) is 6.85 Å². The Morgan fingerprint density at radius 1 is 1.80 bits per heavy atom. The highest BCUT2D eigenvalue weighted by molar-refractivity contribution is 5.52. The fourth-order valence-corrected chi connectivity index (χ4v) is 0.974. The predicted octanol–water partition coefficient (Wildman–Crippen LogP) is 2.29. The second kappa shape index (κ2) is 4.09. The van der Waals surface area contributed by atoms with E-state index in [-0.39, 0.29) is 0 Å². The Labute approximate surface area is 115 Å². The maximum absolute atomic E-state index is 8.59. The number of pyridine rings is 1. The number of rotatable bonds is 1. The third-order valence-electron chi connectivity index (χ3n) is 1.58. The molecule has 2 heterocycles. The summed E-state index contributed by atoms with van der Waals surface area (Å²) in [6.45, 7) is -11.9. The lowest BCUT2D eigenvalue weighted by Crippen LogP contribution is -2.40. The zero-order valence-corrected chi connectivity index (χ0v) is 7.47. The molecule has 0 bridgehead atoms. The third kappa shape index (κ3) is 2.22. The van der Waals surface area contributed by atoms with Crippen molar-refractivity contribution in [2.24, 2.45) is 5.89 Å². The highest BCUT2D eigenvalue weighted by Gasteiger charge is 2.22. The lowest BCUT2D eigenvalue weighted by Gasteiger charge is -2.38. The SMILES string of the molecule is [2H]c1nc(N)c([2H])c(N2C([2H])([2H])C([2H])([2H])C([2H])(C([2H])([2H])[2H])C([2H])([2H])C2([2H])C([2H])([2H])[2H])c1[2H]. The highest BCUT2D eigenvalue weighted by Crippen LogP contribution is 2.27. The summed E-state index contributed by atoms with van der Waals surface area (Å²) >= 11 is 0. The summed E-state index contributed by atoms with van der Waals surface area (Å²) in [7, 11) is 0. The van der Waals surface area contributed by atoms with Crippen molar-refractivity contribution in [3.05, 3.63) is 18.3 Å². The molecule has 0 amide bonds. The predicted molar refractivity (Wildman–Crippen MR) is 63.9 cm³/mol. The van der Waals surface area contributed by atoms with Crippen molar-refractivity contribution in [3.63, 3.8) is 0 Å². The molecule has 1 saturated heterocycles. The van der Waals surface area contributed by atoms with Gasteiger partial charge in [-0.25, -0.2) is 4.98 Å². The Kier molecular flexibility index (Phi) is 0.604. The minimum absolute atomic E-state index is 0.397. The molecule has 2 rings (SSSR count). The number of hydrogen-bond acceptors (Lipinski definition) is 3. The fourth-order valence-electron chi connectivity index (χ4n) is 0.974. The summed E-state index contributed by atoms with van der Waals surface area (Å²) in [5.41, 5.74) is 4.22. The summed E-state index contributed by atoms with van der Waals surface area (Å²) in [5, 5.41) is 0. The number of nitrogens with two attached hydrogens (primary N) is 1. The average Bonchev–Trinajstić information content (AvgIpc) is 2.58. The van der Waals surface area contributed by atoms with Crippen LogP contribution in [-0.2, 0) is 0 Å². The van der Waals surface area contributed by atoms with Crippen LogP contribution in [0.2, 0.25) is 0 Å². The van der Waals surface area contributed by atoms with Gasteiger partial charge in [-0.15, -0.1) is 0 Å². The molecule has 1 fully saturated rings. The van der Waals surface area contributed by atoms with Crippen molar-refractivity contribution in [1.29, 1.82) is 0 Å². The largest absolute Gasteiger partial charge is 0.384 e. The molecular weight excluding hydrogens is 186 g/mol. The minimum Gasteiger partial charge on any atom is -0.384 e. The molecule has 1 aromatic rings. The molecule has 3 heteroatoms. The van der Waals surface area contributed by atoms with E-state index in [9.17, 15) is 0 Å². The van der Waals surface area contributed by atoms with Crippen molar-refractivity contribution in [3.8, 4) is 0 Å². The van der Waals surface area contributed by atoms with E-state index in [1.165, 1.54) is 0 Å². The number of anilines is 2. The van der Waals surface area contributed by atoms with Gasteiger partial charge in [-0.05, 0) is 31.5 Å². The van der Waals surface area contributed by atoms with Crippen LogP contribution in [0.25, 0.3) is 0 Å². The van der Waals surface area contributed by atoms with E-state index in [2.05, 4.69) is 4.98 Å². The van der Waals surface area contributed by atoms with Gasteiger partial charge in [-0.3, -0.25) is 0 Å². The summed E-state index contributed by atoms with van der Waals surface area (Å²) in [6, 6.07) is -6.35. The van der Waals surface area contributed by atoms with Crippen molar-refractivity contribution in [2.45, 2.75) is 32.5 Å². The quantitative estimate of drug-likeness (QED) is 0.793. The van der Waals surface area contributed by atoms with Gasteiger partial charge >= 0.3 is 0 Å². The molecule has 1 aliphatic heterocycles. The van der Waals surface area contributed by atoms with Crippen molar-refractivity contribution >= 4 is 11.5 Å². The topological polar surface area (TPSA) is 42.1 Å². The molecule has 2 atom stereocenters.